The Hall–Kier alpha value is 0.700. The molecule has 0 aromatic rings. The first-order valence-electron chi connectivity index (χ1n) is 6.15. The van der Waals surface area contributed by atoms with Crippen molar-refractivity contribution in [1.82, 2.24) is 0 Å². The molecule has 4 N–H and O–H groups in total. The number of rotatable bonds is 8. The summed E-state index contributed by atoms with van der Waals surface area (Å²) < 4.78 is 46.6. The molecule has 22 heavy (non-hydrogen) atoms. The monoisotopic (exact) mass is 402 g/mol. The van der Waals surface area contributed by atoms with Crippen LogP contribution in [0, 0.1) is 0 Å². The molecule has 0 bridgehead atoms. The SMILES string of the molecule is CC1CC[C@@](CCl)(CCP(=O)(O)OP(=O)(O)OP(=O)(O)O)O1. The van der Waals surface area contributed by atoms with E-state index in [1.54, 1.807) is 0 Å². The fraction of sp³-hybridized carbons (Fsp3) is 1.00. The minimum Gasteiger partial charge on any atom is -0.371 e. The quantitative estimate of drug-likeness (QED) is 0.349. The molecule has 0 saturated carbocycles. The number of hydrogen-bond donors (Lipinski definition) is 4. The van der Waals surface area contributed by atoms with Crippen molar-refractivity contribution >= 4 is 34.8 Å². The van der Waals surface area contributed by atoms with Crippen LogP contribution in [0.3, 0.4) is 0 Å². The zero-order valence-electron chi connectivity index (χ0n) is 11.6. The van der Waals surface area contributed by atoms with Crippen molar-refractivity contribution in [2.45, 2.75) is 37.9 Å². The fourth-order valence-electron chi connectivity index (χ4n) is 2.06. The lowest BCUT2D eigenvalue weighted by Gasteiger charge is -2.27. The molecule has 0 aliphatic carbocycles. The van der Waals surface area contributed by atoms with Crippen LogP contribution in [0.1, 0.15) is 26.2 Å². The first-order valence-corrected chi connectivity index (χ1v) is 11.5. The lowest BCUT2D eigenvalue weighted by molar-refractivity contribution is -0.0202. The second-order valence-corrected chi connectivity index (χ2v) is 10.2. The molecular weight excluding hydrogens is 384 g/mol. The molecule has 0 aromatic heterocycles. The van der Waals surface area contributed by atoms with Crippen LogP contribution < -0.4 is 0 Å². The van der Waals surface area contributed by atoms with E-state index in [0.717, 1.165) is 0 Å². The Labute approximate surface area is 132 Å². The van der Waals surface area contributed by atoms with Gasteiger partial charge in [0.15, 0.2) is 0 Å². The van der Waals surface area contributed by atoms with Crippen LogP contribution in [0.4, 0.5) is 0 Å². The van der Waals surface area contributed by atoms with E-state index in [0.29, 0.717) is 12.8 Å². The van der Waals surface area contributed by atoms with Gasteiger partial charge in [0.1, 0.15) is 0 Å². The van der Waals surface area contributed by atoms with Crippen molar-refractivity contribution in [2.75, 3.05) is 12.0 Å². The lowest BCUT2D eigenvalue weighted by Crippen LogP contribution is -2.32. The molecule has 0 aromatic carbocycles. The van der Waals surface area contributed by atoms with Crippen molar-refractivity contribution in [3.63, 3.8) is 0 Å². The highest BCUT2D eigenvalue weighted by Gasteiger charge is 2.43. The van der Waals surface area contributed by atoms with Gasteiger partial charge >= 0.3 is 23.2 Å². The van der Waals surface area contributed by atoms with Gasteiger partial charge in [-0.2, -0.15) is 4.31 Å². The van der Waals surface area contributed by atoms with Gasteiger partial charge in [-0.3, -0.25) is 4.57 Å². The van der Waals surface area contributed by atoms with Gasteiger partial charge in [-0.1, -0.05) is 0 Å². The highest BCUT2D eigenvalue weighted by atomic mass is 35.5. The highest BCUT2D eigenvalue weighted by Crippen LogP contribution is 2.66. The van der Waals surface area contributed by atoms with Gasteiger partial charge in [-0.25, -0.2) is 13.4 Å². The first kappa shape index (κ1) is 20.7. The number of ether oxygens (including phenoxy) is 1. The topological polar surface area (TPSA) is 160 Å². The normalized spacial score (nSPS) is 31.6. The van der Waals surface area contributed by atoms with Gasteiger partial charge in [-0.05, 0) is 26.2 Å². The molecular formula is C8H18ClO10P3. The van der Waals surface area contributed by atoms with E-state index in [-0.39, 0.29) is 18.4 Å². The van der Waals surface area contributed by atoms with E-state index < -0.39 is 35.0 Å². The van der Waals surface area contributed by atoms with Crippen molar-refractivity contribution in [3.05, 3.63) is 0 Å². The summed E-state index contributed by atoms with van der Waals surface area (Å²) in [5, 5.41) is 0. The molecule has 1 saturated heterocycles. The van der Waals surface area contributed by atoms with E-state index >= 15 is 0 Å². The predicted molar refractivity (Wildman–Crippen MR) is 76.6 cm³/mol. The highest BCUT2D eigenvalue weighted by molar-refractivity contribution is 7.68. The van der Waals surface area contributed by atoms with Crippen LogP contribution in [0.5, 0.6) is 0 Å². The number of alkyl halides is 1. The van der Waals surface area contributed by atoms with E-state index in [4.69, 9.17) is 31.0 Å². The zero-order valence-corrected chi connectivity index (χ0v) is 15.0. The van der Waals surface area contributed by atoms with Gasteiger partial charge in [0.2, 0.25) is 0 Å². The molecule has 1 aliphatic rings. The molecule has 1 heterocycles. The Morgan fingerprint density at radius 3 is 2.23 bits per heavy atom. The van der Waals surface area contributed by atoms with Crippen LogP contribution in [0.25, 0.3) is 0 Å². The van der Waals surface area contributed by atoms with Crippen molar-refractivity contribution in [2.24, 2.45) is 0 Å². The Morgan fingerprint density at radius 1 is 1.23 bits per heavy atom. The van der Waals surface area contributed by atoms with Gasteiger partial charge < -0.3 is 24.3 Å². The van der Waals surface area contributed by atoms with E-state index in [1.165, 1.54) is 0 Å². The van der Waals surface area contributed by atoms with Crippen LogP contribution in [-0.4, -0.2) is 43.3 Å². The number of phosphoric acid groups is 2. The van der Waals surface area contributed by atoms with Gasteiger partial charge in [0, 0.05) is 0 Å². The summed E-state index contributed by atoms with van der Waals surface area (Å²) >= 11 is 5.81. The maximum absolute atomic E-state index is 11.8. The average Bonchev–Trinajstić information content (AvgIpc) is 2.65. The molecule has 0 radical (unpaired) electrons. The van der Waals surface area contributed by atoms with Crippen LogP contribution in [-0.2, 0) is 27.1 Å². The van der Waals surface area contributed by atoms with Gasteiger partial charge in [0.25, 0.3) is 0 Å². The van der Waals surface area contributed by atoms with E-state index in [2.05, 4.69) is 8.62 Å². The van der Waals surface area contributed by atoms with E-state index in [9.17, 15) is 18.6 Å². The Morgan fingerprint density at radius 2 is 1.82 bits per heavy atom. The van der Waals surface area contributed by atoms with Crippen LogP contribution in [0.2, 0.25) is 0 Å². The third-order valence-electron chi connectivity index (χ3n) is 2.99. The number of halogens is 1. The molecule has 132 valence electrons. The maximum atomic E-state index is 11.8. The average molecular weight is 403 g/mol. The third-order valence-corrected chi connectivity index (χ3v) is 7.79. The summed E-state index contributed by atoms with van der Waals surface area (Å²) in [5.74, 6) is 0.0626. The van der Waals surface area contributed by atoms with Gasteiger partial charge in [0.05, 0.1) is 23.7 Å². The van der Waals surface area contributed by atoms with Crippen molar-refractivity contribution in [3.8, 4) is 0 Å². The molecule has 1 rings (SSSR count). The Bertz CT molecular complexity index is 534. The zero-order chi connectivity index (χ0) is 17.2. The largest absolute Gasteiger partial charge is 0.488 e. The molecule has 14 heteroatoms. The smallest absolute Gasteiger partial charge is 0.371 e. The summed E-state index contributed by atoms with van der Waals surface area (Å²) in [4.78, 5) is 35.5. The Balaban J connectivity index is 2.66. The second-order valence-electron chi connectivity index (χ2n) is 5.02. The molecule has 1 aliphatic heterocycles. The minimum atomic E-state index is -5.39. The summed E-state index contributed by atoms with van der Waals surface area (Å²) in [5.41, 5.74) is -0.841. The first-order chi connectivity index (χ1) is 9.78. The lowest BCUT2D eigenvalue weighted by atomic mass is 9.99. The third kappa shape index (κ3) is 7.07. The summed E-state index contributed by atoms with van der Waals surface area (Å²) in [6.07, 6.45) is 0.586. The number of hydrogen-bond acceptors (Lipinski definition) is 6. The summed E-state index contributed by atoms with van der Waals surface area (Å²) in [6.45, 7) is 1.82. The second kappa shape index (κ2) is 7.30. The van der Waals surface area contributed by atoms with Gasteiger partial charge in [-0.15, -0.1) is 11.6 Å². The van der Waals surface area contributed by atoms with E-state index in [1.807, 2.05) is 6.92 Å². The molecule has 10 nitrogen and oxygen atoms in total. The standard InChI is InChI=1S/C8H18ClO10P3/c1-7-2-3-8(6-9,17-7)4-5-20(10,11)18-22(15,16)19-21(12,13)14/h7H,2-6H2,1H3,(H,10,11)(H,15,16)(H2,12,13,14)/t7?,8-/m0/s1. The molecule has 1 fully saturated rings. The molecule has 0 spiro atoms. The van der Waals surface area contributed by atoms with Crippen molar-refractivity contribution in [1.29, 1.82) is 0 Å². The molecule has 0 amide bonds. The summed E-state index contributed by atoms with van der Waals surface area (Å²) in [6, 6.07) is 0. The Kier molecular flexibility index (Phi) is 6.88. The molecule has 4 atom stereocenters. The van der Waals surface area contributed by atoms with Crippen LogP contribution in [0.15, 0.2) is 0 Å². The fourth-order valence-corrected chi connectivity index (χ4v) is 6.16. The van der Waals surface area contributed by atoms with Crippen LogP contribution >= 0.6 is 34.8 Å². The van der Waals surface area contributed by atoms with Crippen molar-refractivity contribution < 1.29 is 46.6 Å². The summed E-state index contributed by atoms with van der Waals surface area (Å²) in [7, 11) is -15.4. The predicted octanol–water partition coefficient (Wildman–Crippen LogP) is 1.96. The molecule has 3 unspecified atom stereocenters. The minimum absolute atomic E-state index is 0.0233. The maximum Gasteiger partial charge on any atom is 0.488 e.